The molecule has 0 aliphatic carbocycles. The highest BCUT2D eigenvalue weighted by atomic mass is 16.5. The molecule has 2 rings (SSSR count). The zero-order chi connectivity index (χ0) is 18.4. The summed E-state index contributed by atoms with van der Waals surface area (Å²) in [4.78, 5) is 12.3. The molecule has 0 aliphatic heterocycles. The number of nitrogens with one attached hydrogen (secondary N) is 1. The molecule has 0 aromatic heterocycles. The minimum atomic E-state index is -0.548. The van der Waals surface area contributed by atoms with Gasteiger partial charge in [-0.3, -0.25) is 4.79 Å². The van der Waals surface area contributed by atoms with Crippen molar-refractivity contribution in [1.29, 1.82) is 0 Å². The van der Waals surface area contributed by atoms with Gasteiger partial charge in [0.05, 0.1) is 13.7 Å². The number of hydrogen-bond acceptors (Lipinski definition) is 3. The summed E-state index contributed by atoms with van der Waals surface area (Å²) in [5.41, 5.74) is 3.06. The van der Waals surface area contributed by atoms with E-state index in [0.29, 0.717) is 6.61 Å². The van der Waals surface area contributed by atoms with Gasteiger partial charge in [0.15, 0.2) is 0 Å². The molecule has 0 radical (unpaired) electrons. The smallest absolute Gasteiger partial charge is 0.253 e. The maximum absolute atomic E-state index is 12.3. The van der Waals surface area contributed by atoms with Crippen LogP contribution in [0.15, 0.2) is 48.5 Å². The number of rotatable bonds is 6. The molecule has 2 aromatic carbocycles. The van der Waals surface area contributed by atoms with Crippen molar-refractivity contribution in [1.82, 2.24) is 0 Å². The maximum Gasteiger partial charge on any atom is 0.253 e. The first kappa shape index (κ1) is 19.0. The van der Waals surface area contributed by atoms with Crippen molar-refractivity contribution in [2.24, 2.45) is 0 Å². The second-order valence-corrected chi connectivity index (χ2v) is 7.12. The summed E-state index contributed by atoms with van der Waals surface area (Å²) in [5.74, 6) is 0.614. The summed E-state index contributed by atoms with van der Waals surface area (Å²) in [5, 5.41) is 2.89. The summed E-state index contributed by atoms with van der Waals surface area (Å²) in [6, 6.07) is 15.5. The van der Waals surface area contributed by atoms with Crippen LogP contribution in [-0.2, 0) is 21.6 Å². The number of amides is 1. The number of hydrogen-bond donors (Lipinski definition) is 1. The summed E-state index contributed by atoms with van der Waals surface area (Å²) in [6.07, 6.45) is -0.548. The van der Waals surface area contributed by atoms with Crippen LogP contribution in [0.1, 0.15) is 38.8 Å². The molecule has 25 heavy (non-hydrogen) atoms. The Labute approximate surface area is 150 Å². The molecule has 0 saturated heterocycles. The third-order valence-electron chi connectivity index (χ3n) is 4.02. The van der Waals surface area contributed by atoms with Crippen LogP contribution in [-0.4, -0.2) is 19.1 Å². The number of ether oxygens (including phenoxy) is 2. The molecule has 0 bridgehead atoms. The Morgan fingerprint density at radius 3 is 2.40 bits per heavy atom. The first-order chi connectivity index (χ1) is 11.8. The molecule has 1 unspecified atom stereocenters. The quantitative estimate of drug-likeness (QED) is 0.839. The average molecular weight is 341 g/mol. The van der Waals surface area contributed by atoms with Crippen LogP contribution in [0.25, 0.3) is 0 Å². The van der Waals surface area contributed by atoms with Crippen molar-refractivity contribution in [2.75, 3.05) is 12.4 Å². The molecule has 1 atom stereocenters. The Hall–Kier alpha value is -2.33. The molecule has 0 saturated carbocycles. The first-order valence-electron chi connectivity index (χ1n) is 8.45. The van der Waals surface area contributed by atoms with Gasteiger partial charge in [0.2, 0.25) is 0 Å². The van der Waals surface area contributed by atoms with Crippen molar-refractivity contribution in [3.05, 3.63) is 59.7 Å². The van der Waals surface area contributed by atoms with Crippen LogP contribution >= 0.6 is 0 Å². The minimum absolute atomic E-state index is 0.0929. The second kappa shape index (κ2) is 8.17. The predicted molar refractivity (Wildman–Crippen MR) is 101 cm³/mol. The lowest BCUT2D eigenvalue weighted by Gasteiger charge is -2.19. The van der Waals surface area contributed by atoms with E-state index in [1.807, 2.05) is 48.5 Å². The number of carbonyl (C=O) groups excluding carboxylic acids is 1. The normalized spacial score (nSPS) is 12.5. The van der Waals surface area contributed by atoms with Gasteiger partial charge >= 0.3 is 0 Å². The van der Waals surface area contributed by atoms with Crippen LogP contribution < -0.4 is 10.1 Å². The van der Waals surface area contributed by atoms with E-state index in [-0.39, 0.29) is 11.3 Å². The molecular formula is C21H27NO3. The molecule has 4 heteroatoms. The van der Waals surface area contributed by atoms with Crippen LogP contribution in [0.4, 0.5) is 5.69 Å². The highest BCUT2D eigenvalue weighted by Gasteiger charge is 2.16. The van der Waals surface area contributed by atoms with E-state index in [4.69, 9.17) is 9.47 Å². The monoisotopic (exact) mass is 341 g/mol. The van der Waals surface area contributed by atoms with E-state index in [1.165, 1.54) is 5.56 Å². The fourth-order valence-electron chi connectivity index (χ4n) is 2.36. The molecule has 0 aliphatic rings. The average Bonchev–Trinajstić information content (AvgIpc) is 2.59. The zero-order valence-electron chi connectivity index (χ0n) is 15.6. The first-order valence-corrected chi connectivity index (χ1v) is 8.45. The van der Waals surface area contributed by atoms with Crippen LogP contribution in [0, 0.1) is 0 Å². The van der Waals surface area contributed by atoms with Crippen molar-refractivity contribution in [2.45, 2.75) is 45.8 Å². The molecular weight excluding hydrogens is 314 g/mol. The molecule has 134 valence electrons. The van der Waals surface area contributed by atoms with Gasteiger partial charge in [-0.05, 0) is 47.7 Å². The van der Waals surface area contributed by atoms with E-state index < -0.39 is 6.10 Å². The van der Waals surface area contributed by atoms with Gasteiger partial charge < -0.3 is 14.8 Å². The van der Waals surface area contributed by atoms with E-state index in [2.05, 4.69) is 26.1 Å². The lowest BCUT2D eigenvalue weighted by atomic mass is 9.87. The van der Waals surface area contributed by atoms with Crippen LogP contribution in [0.2, 0.25) is 0 Å². The maximum atomic E-state index is 12.3. The Morgan fingerprint density at radius 2 is 1.80 bits per heavy atom. The minimum Gasteiger partial charge on any atom is -0.497 e. The van der Waals surface area contributed by atoms with Gasteiger partial charge in [0.25, 0.3) is 5.91 Å². The summed E-state index contributed by atoms with van der Waals surface area (Å²) < 4.78 is 10.9. The molecule has 0 heterocycles. The predicted octanol–water partition coefficient (Wildman–Crippen LogP) is 4.54. The number of benzene rings is 2. The summed E-state index contributed by atoms with van der Waals surface area (Å²) in [6.45, 7) is 8.59. The molecule has 4 nitrogen and oxygen atoms in total. The molecule has 0 spiro atoms. The SMILES string of the molecule is COc1cccc(COC(C)C(=O)Nc2ccc(C(C)(C)C)cc2)c1. The van der Waals surface area contributed by atoms with E-state index in [9.17, 15) is 4.79 Å². The second-order valence-electron chi connectivity index (χ2n) is 7.12. The Morgan fingerprint density at radius 1 is 1.12 bits per heavy atom. The van der Waals surface area contributed by atoms with E-state index in [0.717, 1.165) is 17.0 Å². The van der Waals surface area contributed by atoms with Gasteiger partial charge in [0, 0.05) is 5.69 Å². The Balaban J connectivity index is 1.89. The third-order valence-corrected chi connectivity index (χ3v) is 4.02. The van der Waals surface area contributed by atoms with Crippen molar-refractivity contribution in [3.8, 4) is 5.75 Å². The Bertz CT molecular complexity index is 702. The lowest BCUT2D eigenvalue weighted by Crippen LogP contribution is -2.27. The van der Waals surface area contributed by atoms with Crippen LogP contribution in [0.3, 0.4) is 0 Å². The van der Waals surface area contributed by atoms with Crippen molar-refractivity contribution < 1.29 is 14.3 Å². The summed E-state index contributed by atoms with van der Waals surface area (Å²) >= 11 is 0. The highest BCUT2D eigenvalue weighted by Crippen LogP contribution is 2.23. The number of carbonyl (C=O) groups is 1. The van der Waals surface area contributed by atoms with Crippen LogP contribution in [0.5, 0.6) is 5.75 Å². The largest absolute Gasteiger partial charge is 0.497 e. The van der Waals surface area contributed by atoms with Gasteiger partial charge in [0.1, 0.15) is 11.9 Å². The fraction of sp³-hybridized carbons (Fsp3) is 0.381. The Kier molecular flexibility index (Phi) is 6.21. The molecule has 2 aromatic rings. The van der Waals surface area contributed by atoms with Gasteiger partial charge in [-0.1, -0.05) is 45.0 Å². The third kappa shape index (κ3) is 5.61. The van der Waals surface area contributed by atoms with Gasteiger partial charge in [-0.15, -0.1) is 0 Å². The van der Waals surface area contributed by atoms with E-state index >= 15 is 0 Å². The van der Waals surface area contributed by atoms with Gasteiger partial charge in [-0.2, -0.15) is 0 Å². The molecule has 1 amide bonds. The van der Waals surface area contributed by atoms with Crippen molar-refractivity contribution in [3.63, 3.8) is 0 Å². The number of methoxy groups -OCH3 is 1. The van der Waals surface area contributed by atoms with E-state index in [1.54, 1.807) is 14.0 Å². The lowest BCUT2D eigenvalue weighted by molar-refractivity contribution is -0.127. The standard InChI is InChI=1S/C21H27NO3/c1-15(25-14-16-7-6-8-19(13-16)24-5)20(23)22-18-11-9-17(10-12-18)21(2,3)4/h6-13,15H,14H2,1-5H3,(H,22,23). The highest BCUT2D eigenvalue weighted by molar-refractivity contribution is 5.93. The zero-order valence-corrected chi connectivity index (χ0v) is 15.6. The van der Waals surface area contributed by atoms with Gasteiger partial charge in [-0.25, -0.2) is 0 Å². The van der Waals surface area contributed by atoms with Crippen molar-refractivity contribution >= 4 is 11.6 Å². The molecule has 1 N–H and O–H groups in total. The molecule has 0 fully saturated rings. The topological polar surface area (TPSA) is 47.6 Å². The fourth-order valence-corrected chi connectivity index (χ4v) is 2.36. The number of anilines is 1. The summed E-state index contributed by atoms with van der Waals surface area (Å²) in [7, 11) is 1.63.